The fourth-order valence-corrected chi connectivity index (χ4v) is 0.885. The molecule has 0 aliphatic carbocycles. The van der Waals surface area contributed by atoms with Gasteiger partial charge in [0.25, 0.3) is 0 Å². The molecule has 0 radical (unpaired) electrons. The molecule has 1 unspecified atom stereocenters. The molecule has 0 aliphatic rings. The van der Waals surface area contributed by atoms with Crippen LogP contribution in [-0.2, 0) is 0 Å². The first kappa shape index (κ1) is 10.8. The molecule has 1 atom stereocenters. The summed E-state index contributed by atoms with van der Waals surface area (Å²) >= 11 is 0. The highest BCUT2D eigenvalue weighted by molar-refractivity contribution is 5.73. The van der Waals surface area contributed by atoms with Crippen LogP contribution in [0.4, 0.5) is 4.79 Å². The van der Waals surface area contributed by atoms with Crippen molar-refractivity contribution in [2.24, 2.45) is 5.92 Å². The van der Waals surface area contributed by atoms with Gasteiger partial charge >= 0.3 is 6.03 Å². The second kappa shape index (κ2) is 5.42. The van der Waals surface area contributed by atoms with Crippen molar-refractivity contribution < 1.29 is 4.79 Å². The number of rotatable bonds is 3. The molecule has 0 aliphatic heterocycles. The molecule has 0 saturated carbocycles. The van der Waals surface area contributed by atoms with Gasteiger partial charge in [0.2, 0.25) is 0 Å². The third-order valence-electron chi connectivity index (χ3n) is 1.60. The van der Waals surface area contributed by atoms with Crippen LogP contribution >= 0.6 is 0 Å². The maximum Gasteiger partial charge on any atom is 0.317 e. The molecule has 0 aromatic carbocycles. The number of nitriles is 1. The van der Waals surface area contributed by atoms with Gasteiger partial charge in [-0.15, -0.1) is 0 Å². The van der Waals surface area contributed by atoms with Gasteiger partial charge in [-0.2, -0.15) is 5.26 Å². The average Bonchev–Trinajstić information content (AvgIpc) is 2.12. The SMILES string of the molecule is CCN(CC(C)C#N)C(=O)NC. The lowest BCUT2D eigenvalue weighted by Crippen LogP contribution is -2.40. The molecule has 0 rings (SSSR count). The highest BCUT2D eigenvalue weighted by Gasteiger charge is 2.12. The molecule has 4 heteroatoms. The van der Waals surface area contributed by atoms with E-state index in [1.165, 1.54) is 0 Å². The maximum absolute atomic E-state index is 11.1. The molecule has 2 amide bonds. The van der Waals surface area contributed by atoms with Gasteiger partial charge in [-0.05, 0) is 13.8 Å². The zero-order chi connectivity index (χ0) is 9.56. The van der Waals surface area contributed by atoms with Gasteiger partial charge in [-0.1, -0.05) is 0 Å². The van der Waals surface area contributed by atoms with Crippen molar-refractivity contribution in [3.8, 4) is 6.07 Å². The monoisotopic (exact) mass is 169 g/mol. The minimum atomic E-state index is -0.125. The van der Waals surface area contributed by atoms with Gasteiger partial charge < -0.3 is 10.2 Å². The lowest BCUT2D eigenvalue weighted by atomic mass is 10.2. The van der Waals surface area contributed by atoms with Crippen LogP contribution in [0.3, 0.4) is 0 Å². The predicted octanol–water partition coefficient (Wildman–Crippen LogP) is 0.807. The number of carbonyl (C=O) groups excluding carboxylic acids is 1. The first-order valence-electron chi connectivity index (χ1n) is 4.02. The Morgan fingerprint density at radius 3 is 2.67 bits per heavy atom. The van der Waals surface area contributed by atoms with E-state index < -0.39 is 0 Å². The zero-order valence-corrected chi connectivity index (χ0v) is 7.79. The molecule has 0 fully saturated rings. The molecule has 4 nitrogen and oxygen atoms in total. The maximum atomic E-state index is 11.1. The summed E-state index contributed by atoms with van der Waals surface area (Å²) in [6, 6.07) is 1.96. The van der Waals surface area contributed by atoms with Crippen LogP contribution in [0, 0.1) is 17.2 Å². The molecule has 0 spiro atoms. The van der Waals surface area contributed by atoms with Crippen molar-refractivity contribution in [3.05, 3.63) is 0 Å². The molecular weight excluding hydrogens is 154 g/mol. The van der Waals surface area contributed by atoms with Crippen LogP contribution < -0.4 is 5.32 Å². The van der Waals surface area contributed by atoms with Gasteiger partial charge in [0.1, 0.15) is 0 Å². The van der Waals surface area contributed by atoms with Crippen molar-refractivity contribution >= 4 is 6.03 Å². The molecule has 0 aromatic rings. The van der Waals surface area contributed by atoms with Crippen LogP contribution in [0.1, 0.15) is 13.8 Å². The van der Waals surface area contributed by atoms with E-state index in [0.29, 0.717) is 13.1 Å². The first-order valence-corrected chi connectivity index (χ1v) is 4.02. The van der Waals surface area contributed by atoms with Crippen molar-refractivity contribution in [2.45, 2.75) is 13.8 Å². The normalized spacial score (nSPS) is 11.5. The highest BCUT2D eigenvalue weighted by atomic mass is 16.2. The Kier molecular flexibility index (Phi) is 4.86. The summed E-state index contributed by atoms with van der Waals surface area (Å²) < 4.78 is 0. The van der Waals surface area contributed by atoms with Gasteiger partial charge in [-0.25, -0.2) is 4.79 Å². The van der Waals surface area contributed by atoms with Gasteiger partial charge in [0, 0.05) is 20.1 Å². The molecule has 0 saturated heterocycles. The molecule has 68 valence electrons. The molecule has 1 N–H and O–H groups in total. The van der Waals surface area contributed by atoms with E-state index in [2.05, 4.69) is 11.4 Å². The standard InChI is InChI=1S/C8H15N3O/c1-4-11(8(12)10-3)6-7(2)5-9/h7H,4,6H2,1-3H3,(H,10,12). The third kappa shape index (κ3) is 3.24. The summed E-state index contributed by atoms with van der Waals surface area (Å²) in [5.41, 5.74) is 0. The minimum absolute atomic E-state index is 0.109. The van der Waals surface area contributed by atoms with Crippen LogP contribution in [0.5, 0.6) is 0 Å². The van der Waals surface area contributed by atoms with Crippen molar-refractivity contribution in [1.29, 1.82) is 5.26 Å². The van der Waals surface area contributed by atoms with Crippen molar-refractivity contribution in [2.75, 3.05) is 20.1 Å². The van der Waals surface area contributed by atoms with Gasteiger partial charge in [-0.3, -0.25) is 0 Å². The lowest BCUT2D eigenvalue weighted by molar-refractivity contribution is 0.199. The Morgan fingerprint density at radius 1 is 1.75 bits per heavy atom. The Bertz CT molecular complexity index is 185. The van der Waals surface area contributed by atoms with Crippen LogP contribution in [0.2, 0.25) is 0 Å². The lowest BCUT2D eigenvalue weighted by Gasteiger charge is -2.20. The second-order valence-corrected chi connectivity index (χ2v) is 2.62. The fraction of sp³-hybridized carbons (Fsp3) is 0.750. The predicted molar refractivity (Wildman–Crippen MR) is 46.5 cm³/mol. The molecule has 0 aromatic heterocycles. The van der Waals surface area contributed by atoms with Crippen LogP contribution in [0.25, 0.3) is 0 Å². The molecular formula is C8H15N3O. The smallest absolute Gasteiger partial charge is 0.317 e. The Hall–Kier alpha value is -1.24. The number of hydrogen-bond acceptors (Lipinski definition) is 2. The second-order valence-electron chi connectivity index (χ2n) is 2.62. The van der Waals surface area contributed by atoms with E-state index >= 15 is 0 Å². The molecule has 12 heavy (non-hydrogen) atoms. The van der Waals surface area contributed by atoms with Crippen molar-refractivity contribution in [3.63, 3.8) is 0 Å². The number of carbonyl (C=O) groups is 1. The quantitative estimate of drug-likeness (QED) is 0.679. The average molecular weight is 169 g/mol. The van der Waals surface area contributed by atoms with E-state index in [9.17, 15) is 4.79 Å². The minimum Gasteiger partial charge on any atom is -0.341 e. The Labute approximate surface area is 73.2 Å². The molecule has 0 bridgehead atoms. The summed E-state index contributed by atoms with van der Waals surface area (Å²) in [6.45, 7) is 4.81. The Morgan fingerprint density at radius 2 is 2.33 bits per heavy atom. The van der Waals surface area contributed by atoms with Crippen LogP contribution in [0.15, 0.2) is 0 Å². The largest absolute Gasteiger partial charge is 0.341 e. The van der Waals surface area contributed by atoms with E-state index in [1.54, 1.807) is 18.9 Å². The molecule has 0 heterocycles. The van der Waals surface area contributed by atoms with E-state index in [4.69, 9.17) is 5.26 Å². The highest BCUT2D eigenvalue weighted by Crippen LogP contribution is 1.97. The van der Waals surface area contributed by atoms with Crippen molar-refractivity contribution in [1.82, 2.24) is 10.2 Å². The first-order chi connectivity index (χ1) is 5.65. The van der Waals surface area contributed by atoms with Gasteiger partial charge in [0.15, 0.2) is 0 Å². The summed E-state index contributed by atoms with van der Waals surface area (Å²) in [6.07, 6.45) is 0. The summed E-state index contributed by atoms with van der Waals surface area (Å²) in [4.78, 5) is 12.7. The van der Waals surface area contributed by atoms with E-state index in [-0.39, 0.29) is 11.9 Å². The summed E-state index contributed by atoms with van der Waals surface area (Å²) in [5, 5.41) is 11.0. The fourth-order valence-electron chi connectivity index (χ4n) is 0.885. The van der Waals surface area contributed by atoms with E-state index in [1.807, 2.05) is 6.92 Å². The number of nitrogens with zero attached hydrogens (tertiary/aromatic N) is 2. The Balaban J connectivity index is 4.01. The topological polar surface area (TPSA) is 56.1 Å². The number of nitrogens with one attached hydrogen (secondary N) is 1. The number of hydrogen-bond donors (Lipinski definition) is 1. The van der Waals surface area contributed by atoms with Crippen LogP contribution in [-0.4, -0.2) is 31.1 Å². The van der Waals surface area contributed by atoms with E-state index in [0.717, 1.165) is 0 Å². The number of urea groups is 1. The number of amides is 2. The summed E-state index contributed by atoms with van der Waals surface area (Å²) in [7, 11) is 1.59. The third-order valence-corrected chi connectivity index (χ3v) is 1.60. The summed E-state index contributed by atoms with van der Waals surface area (Å²) in [5.74, 6) is -0.109. The zero-order valence-electron chi connectivity index (χ0n) is 7.79. The van der Waals surface area contributed by atoms with Gasteiger partial charge in [0.05, 0.1) is 12.0 Å².